The van der Waals surface area contributed by atoms with Gasteiger partial charge < -0.3 is 10.4 Å². The number of piperidine rings is 1. The second kappa shape index (κ2) is 6.12. The molecule has 0 saturated carbocycles. The van der Waals surface area contributed by atoms with Gasteiger partial charge in [-0.05, 0) is 50.9 Å². The molecule has 1 saturated heterocycles. The molecule has 2 N–H and O–H groups in total. The molecule has 1 aliphatic rings. The van der Waals surface area contributed by atoms with Crippen LogP contribution >= 0.6 is 11.6 Å². The van der Waals surface area contributed by atoms with Crippen LogP contribution in [-0.2, 0) is 4.79 Å². The van der Waals surface area contributed by atoms with Crippen molar-refractivity contribution in [3.63, 3.8) is 0 Å². The Morgan fingerprint density at radius 3 is 2.95 bits per heavy atom. The lowest BCUT2D eigenvalue weighted by atomic mass is 9.95. The Labute approximate surface area is 124 Å². The summed E-state index contributed by atoms with van der Waals surface area (Å²) in [4.78, 5) is 14.0. The van der Waals surface area contributed by atoms with E-state index in [9.17, 15) is 9.90 Å². The van der Waals surface area contributed by atoms with Crippen molar-refractivity contribution in [2.24, 2.45) is 0 Å². The highest BCUT2D eigenvalue weighted by molar-refractivity contribution is 6.33. The normalized spacial score (nSPS) is 23.6. The molecule has 1 aromatic rings. The maximum atomic E-state index is 12.0. The standard InChI is InChI=1S/C15H21ClN2O2/c1-11-4-5-13(12(16)8-11)17-14(19)9-18-7-3-6-15(2,20)10-18/h4-5,8,20H,3,6-7,9-10H2,1-2H3,(H,17,19). The van der Waals surface area contributed by atoms with Crippen molar-refractivity contribution in [2.45, 2.75) is 32.3 Å². The summed E-state index contributed by atoms with van der Waals surface area (Å²) >= 11 is 6.09. The van der Waals surface area contributed by atoms with Crippen molar-refractivity contribution in [2.75, 3.05) is 25.0 Å². The summed E-state index contributed by atoms with van der Waals surface area (Å²) < 4.78 is 0. The number of hydrogen-bond acceptors (Lipinski definition) is 3. The van der Waals surface area contributed by atoms with Gasteiger partial charge in [0.05, 0.1) is 22.9 Å². The summed E-state index contributed by atoms with van der Waals surface area (Å²) in [7, 11) is 0. The maximum Gasteiger partial charge on any atom is 0.238 e. The first-order valence-corrected chi connectivity index (χ1v) is 7.24. The number of carbonyl (C=O) groups excluding carboxylic acids is 1. The number of aryl methyl sites for hydroxylation is 1. The molecular formula is C15H21ClN2O2. The van der Waals surface area contributed by atoms with Gasteiger partial charge in [-0.3, -0.25) is 9.69 Å². The number of hydrogen-bond donors (Lipinski definition) is 2. The summed E-state index contributed by atoms with van der Waals surface area (Å²) in [6.45, 7) is 5.41. The number of benzene rings is 1. The molecule has 1 aliphatic heterocycles. The third-order valence-corrected chi connectivity index (χ3v) is 3.83. The van der Waals surface area contributed by atoms with Gasteiger partial charge in [0.1, 0.15) is 0 Å². The molecule has 110 valence electrons. The molecule has 1 amide bonds. The fraction of sp³-hybridized carbons (Fsp3) is 0.533. The second-order valence-electron chi connectivity index (χ2n) is 5.84. The number of anilines is 1. The maximum absolute atomic E-state index is 12.0. The van der Waals surface area contributed by atoms with Crippen molar-refractivity contribution in [1.29, 1.82) is 0 Å². The molecule has 4 nitrogen and oxygen atoms in total. The lowest BCUT2D eigenvalue weighted by molar-refractivity contribution is -0.118. The Balaban J connectivity index is 1.92. The number of nitrogens with one attached hydrogen (secondary N) is 1. The Morgan fingerprint density at radius 2 is 2.30 bits per heavy atom. The van der Waals surface area contributed by atoms with Crippen LogP contribution in [0.1, 0.15) is 25.3 Å². The van der Waals surface area contributed by atoms with Crippen molar-refractivity contribution < 1.29 is 9.90 Å². The average Bonchev–Trinajstić information content (AvgIpc) is 2.31. The van der Waals surface area contributed by atoms with Gasteiger partial charge in [-0.25, -0.2) is 0 Å². The first-order chi connectivity index (χ1) is 9.35. The van der Waals surface area contributed by atoms with Gasteiger partial charge in [0, 0.05) is 6.54 Å². The van der Waals surface area contributed by atoms with Crippen LogP contribution in [0.25, 0.3) is 0 Å². The van der Waals surface area contributed by atoms with E-state index in [4.69, 9.17) is 11.6 Å². The van der Waals surface area contributed by atoms with Crippen LogP contribution in [0.15, 0.2) is 18.2 Å². The van der Waals surface area contributed by atoms with Crippen LogP contribution in [0.3, 0.4) is 0 Å². The smallest absolute Gasteiger partial charge is 0.238 e. The number of nitrogens with zero attached hydrogens (tertiary/aromatic N) is 1. The molecule has 2 rings (SSSR count). The first kappa shape index (κ1) is 15.3. The summed E-state index contributed by atoms with van der Waals surface area (Å²) in [5.74, 6) is -0.103. The van der Waals surface area contributed by atoms with E-state index < -0.39 is 5.60 Å². The van der Waals surface area contributed by atoms with Crippen LogP contribution in [0, 0.1) is 6.92 Å². The topological polar surface area (TPSA) is 52.6 Å². The van der Waals surface area contributed by atoms with E-state index in [1.807, 2.05) is 36.9 Å². The Hall–Kier alpha value is -1.10. The van der Waals surface area contributed by atoms with Crippen LogP contribution < -0.4 is 5.32 Å². The summed E-state index contributed by atoms with van der Waals surface area (Å²) in [5, 5.41) is 13.4. The highest BCUT2D eigenvalue weighted by Crippen LogP contribution is 2.23. The quantitative estimate of drug-likeness (QED) is 0.901. The van der Waals surface area contributed by atoms with E-state index in [0.717, 1.165) is 24.9 Å². The first-order valence-electron chi connectivity index (χ1n) is 6.86. The molecule has 0 aromatic heterocycles. The number of amides is 1. The molecule has 1 fully saturated rings. The SMILES string of the molecule is Cc1ccc(NC(=O)CN2CCCC(C)(O)C2)c(Cl)c1. The molecule has 5 heteroatoms. The molecule has 0 aliphatic carbocycles. The van der Waals surface area contributed by atoms with Crippen LogP contribution in [0.5, 0.6) is 0 Å². The van der Waals surface area contributed by atoms with Crippen molar-refractivity contribution in [1.82, 2.24) is 4.90 Å². The molecule has 1 aromatic carbocycles. The zero-order valence-corrected chi connectivity index (χ0v) is 12.7. The molecule has 1 atom stereocenters. The summed E-state index contributed by atoms with van der Waals surface area (Å²) in [5.41, 5.74) is 0.992. The van der Waals surface area contributed by atoms with Gasteiger partial charge in [0.25, 0.3) is 0 Å². The summed E-state index contributed by atoms with van der Waals surface area (Å²) in [6, 6.07) is 5.54. The monoisotopic (exact) mass is 296 g/mol. The Bertz CT molecular complexity index is 503. The van der Waals surface area contributed by atoms with E-state index in [-0.39, 0.29) is 12.5 Å². The molecule has 1 heterocycles. The Morgan fingerprint density at radius 1 is 1.55 bits per heavy atom. The summed E-state index contributed by atoms with van der Waals surface area (Å²) in [6.07, 6.45) is 1.69. The molecule has 0 bridgehead atoms. The van der Waals surface area contributed by atoms with Gasteiger partial charge in [0.2, 0.25) is 5.91 Å². The molecule has 1 unspecified atom stereocenters. The van der Waals surface area contributed by atoms with Crippen molar-refractivity contribution in [3.8, 4) is 0 Å². The molecule has 0 radical (unpaired) electrons. The van der Waals surface area contributed by atoms with Gasteiger partial charge in [-0.1, -0.05) is 17.7 Å². The van der Waals surface area contributed by atoms with Gasteiger partial charge in [-0.2, -0.15) is 0 Å². The third kappa shape index (κ3) is 4.20. The number of likely N-dealkylation sites (tertiary alicyclic amines) is 1. The number of aliphatic hydroxyl groups is 1. The van der Waals surface area contributed by atoms with Crippen molar-refractivity contribution in [3.05, 3.63) is 28.8 Å². The number of rotatable bonds is 3. The number of β-amino-alcohol motifs (C(OH)–C–C–N with tert-alkyl or cyclic N) is 1. The van der Waals surface area contributed by atoms with Crippen LogP contribution in [0.4, 0.5) is 5.69 Å². The third-order valence-electron chi connectivity index (χ3n) is 3.52. The predicted octanol–water partition coefficient (Wildman–Crippen LogP) is 2.43. The van der Waals surface area contributed by atoms with E-state index in [1.165, 1.54) is 0 Å². The fourth-order valence-corrected chi connectivity index (χ4v) is 2.85. The minimum atomic E-state index is -0.694. The molecule has 0 spiro atoms. The van der Waals surface area contributed by atoms with Gasteiger partial charge >= 0.3 is 0 Å². The highest BCUT2D eigenvalue weighted by Gasteiger charge is 2.29. The zero-order chi connectivity index (χ0) is 14.8. The number of carbonyl (C=O) groups is 1. The van der Waals surface area contributed by atoms with E-state index >= 15 is 0 Å². The second-order valence-corrected chi connectivity index (χ2v) is 6.25. The van der Waals surface area contributed by atoms with E-state index in [2.05, 4.69) is 5.32 Å². The largest absolute Gasteiger partial charge is 0.389 e. The predicted molar refractivity (Wildman–Crippen MR) is 81.1 cm³/mol. The highest BCUT2D eigenvalue weighted by atomic mass is 35.5. The average molecular weight is 297 g/mol. The Kier molecular flexibility index (Phi) is 4.68. The zero-order valence-electron chi connectivity index (χ0n) is 11.9. The van der Waals surface area contributed by atoms with Gasteiger partial charge in [-0.15, -0.1) is 0 Å². The molecular weight excluding hydrogens is 276 g/mol. The van der Waals surface area contributed by atoms with Gasteiger partial charge in [0.15, 0.2) is 0 Å². The van der Waals surface area contributed by atoms with Crippen molar-refractivity contribution >= 4 is 23.2 Å². The fourth-order valence-electron chi connectivity index (χ4n) is 2.57. The van der Waals surface area contributed by atoms with E-state index in [1.54, 1.807) is 0 Å². The molecule has 20 heavy (non-hydrogen) atoms. The minimum Gasteiger partial charge on any atom is -0.389 e. The number of halogens is 1. The van der Waals surface area contributed by atoms with E-state index in [0.29, 0.717) is 17.3 Å². The van der Waals surface area contributed by atoms with Crippen LogP contribution in [-0.4, -0.2) is 41.1 Å². The lowest BCUT2D eigenvalue weighted by Crippen LogP contribution is -2.48. The van der Waals surface area contributed by atoms with Crippen LogP contribution in [0.2, 0.25) is 5.02 Å². The lowest BCUT2D eigenvalue weighted by Gasteiger charge is -2.36. The minimum absolute atomic E-state index is 0.103.